The smallest absolute Gasteiger partial charge is 0.308 e. The maximum absolute atomic E-state index is 12.2. The molecule has 1 saturated heterocycles. The van der Waals surface area contributed by atoms with Crippen molar-refractivity contribution in [1.29, 1.82) is 0 Å². The summed E-state index contributed by atoms with van der Waals surface area (Å²) in [6.07, 6.45) is -3.90. The molecule has 2 rings (SSSR count). The molecule has 0 saturated carbocycles. The lowest BCUT2D eigenvalue weighted by Crippen LogP contribution is -2.66. The number of carbonyl (C=O) groups is 4. The van der Waals surface area contributed by atoms with E-state index < -0.39 is 54.3 Å². The van der Waals surface area contributed by atoms with E-state index in [4.69, 9.17) is 23.7 Å². The highest BCUT2D eigenvalue weighted by Crippen LogP contribution is 2.29. The third-order valence-electron chi connectivity index (χ3n) is 4.88. The molecule has 0 aliphatic carbocycles. The molecule has 0 spiro atoms. The molecule has 0 bridgehead atoms. The van der Waals surface area contributed by atoms with Crippen molar-refractivity contribution in [2.24, 2.45) is 0 Å². The molecule has 1 amide bonds. The molecular weight excluding hydrogens is 434 g/mol. The molecular formula is C23H31NO9. The van der Waals surface area contributed by atoms with Crippen molar-refractivity contribution < 1.29 is 42.9 Å². The SMILES string of the molecule is CCOC(=O)C[C@@H]1O[C@H](COC(C)=O)[C@@H](OCc2ccccc2)[C@H](OC(C)=O)[C@H]1NC(C)=O. The summed E-state index contributed by atoms with van der Waals surface area (Å²) in [6.45, 7) is 5.58. The Morgan fingerprint density at radius 1 is 0.939 bits per heavy atom. The van der Waals surface area contributed by atoms with Crippen LogP contribution in [0, 0.1) is 0 Å². The van der Waals surface area contributed by atoms with Crippen LogP contribution in [0.1, 0.15) is 39.7 Å². The van der Waals surface area contributed by atoms with Crippen molar-refractivity contribution in [1.82, 2.24) is 5.32 Å². The van der Waals surface area contributed by atoms with Crippen LogP contribution in [-0.2, 0) is 49.5 Å². The highest BCUT2D eigenvalue weighted by Gasteiger charge is 2.50. The first-order valence-electron chi connectivity index (χ1n) is 10.8. The van der Waals surface area contributed by atoms with Crippen LogP contribution < -0.4 is 5.32 Å². The molecule has 1 aliphatic rings. The zero-order valence-corrected chi connectivity index (χ0v) is 19.3. The van der Waals surface area contributed by atoms with E-state index in [9.17, 15) is 19.2 Å². The summed E-state index contributed by atoms with van der Waals surface area (Å²) in [5, 5.41) is 2.71. The first-order chi connectivity index (χ1) is 15.7. The van der Waals surface area contributed by atoms with Crippen LogP contribution in [0.2, 0.25) is 0 Å². The van der Waals surface area contributed by atoms with Crippen LogP contribution in [0.5, 0.6) is 0 Å². The van der Waals surface area contributed by atoms with Gasteiger partial charge in [0, 0.05) is 20.8 Å². The van der Waals surface area contributed by atoms with E-state index in [0.29, 0.717) is 0 Å². The number of amides is 1. The number of hydrogen-bond acceptors (Lipinski definition) is 9. The van der Waals surface area contributed by atoms with Crippen LogP contribution in [0.4, 0.5) is 0 Å². The molecule has 1 aromatic rings. The van der Waals surface area contributed by atoms with Crippen LogP contribution in [0.3, 0.4) is 0 Å². The minimum Gasteiger partial charge on any atom is -0.466 e. The van der Waals surface area contributed by atoms with Gasteiger partial charge in [-0.3, -0.25) is 19.2 Å². The van der Waals surface area contributed by atoms with Gasteiger partial charge in [0.1, 0.15) is 18.8 Å². The zero-order valence-electron chi connectivity index (χ0n) is 19.3. The summed E-state index contributed by atoms with van der Waals surface area (Å²) in [5.41, 5.74) is 0.857. The summed E-state index contributed by atoms with van der Waals surface area (Å²) in [7, 11) is 0. The summed E-state index contributed by atoms with van der Waals surface area (Å²) >= 11 is 0. The van der Waals surface area contributed by atoms with Crippen molar-refractivity contribution in [3.8, 4) is 0 Å². The fraction of sp³-hybridized carbons (Fsp3) is 0.565. The molecule has 33 heavy (non-hydrogen) atoms. The third kappa shape index (κ3) is 8.47. The van der Waals surface area contributed by atoms with E-state index in [0.717, 1.165) is 5.56 Å². The van der Waals surface area contributed by atoms with Crippen molar-refractivity contribution in [2.45, 2.75) is 71.2 Å². The Balaban J connectivity index is 2.37. The number of ether oxygens (including phenoxy) is 5. The predicted molar refractivity (Wildman–Crippen MR) is 115 cm³/mol. The second-order valence-corrected chi connectivity index (χ2v) is 7.59. The van der Waals surface area contributed by atoms with Gasteiger partial charge in [0.15, 0.2) is 6.10 Å². The van der Waals surface area contributed by atoms with Crippen LogP contribution >= 0.6 is 0 Å². The van der Waals surface area contributed by atoms with Gasteiger partial charge in [0.2, 0.25) is 5.91 Å². The summed E-state index contributed by atoms with van der Waals surface area (Å²) in [5.74, 6) is -2.09. The van der Waals surface area contributed by atoms with Gasteiger partial charge in [0.05, 0.1) is 31.8 Å². The second kappa shape index (κ2) is 12.9. The monoisotopic (exact) mass is 465 g/mol. The number of hydrogen-bond donors (Lipinski definition) is 1. The fourth-order valence-electron chi connectivity index (χ4n) is 3.62. The van der Waals surface area contributed by atoms with E-state index >= 15 is 0 Å². The van der Waals surface area contributed by atoms with Gasteiger partial charge in [-0.2, -0.15) is 0 Å². The average molecular weight is 465 g/mol. The Morgan fingerprint density at radius 3 is 2.21 bits per heavy atom. The van der Waals surface area contributed by atoms with Crippen LogP contribution in [0.25, 0.3) is 0 Å². The molecule has 0 aromatic heterocycles. The minimum atomic E-state index is -1.01. The van der Waals surface area contributed by atoms with Gasteiger partial charge in [-0.15, -0.1) is 0 Å². The lowest BCUT2D eigenvalue weighted by Gasteiger charge is -2.45. The van der Waals surface area contributed by atoms with Gasteiger partial charge >= 0.3 is 17.9 Å². The molecule has 1 aromatic carbocycles. The van der Waals surface area contributed by atoms with Gasteiger partial charge < -0.3 is 29.0 Å². The normalized spacial score (nSPS) is 24.4. The lowest BCUT2D eigenvalue weighted by molar-refractivity contribution is -0.229. The van der Waals surface area contributed by atoms with Gasteiger partial charge in [-0.1, -0.05) is 30.3 Å². The van der Waals surface area contributed by atoms with Crippen molar-refractivity contribution >= 4 is 23.8 Å². The Kier molecular flexibility index (Phi) is 10.3. The molecule has 5 atom stereocenters. The minimum absolute atomic E-state index is 0.151. The van der Waals surface area contributed by atoms with Gasteiger partial charge in [-0.05, 0) is 12.5 Å². The molecule has 0 radical (unpaired) electrons. The molecule has 10 nitrogen and oxygen atoms in total. The number of esters is 3. The topological polar surface area (TPSA) is 126 Å². The first kappa shape index (κ1) is 26.3. The number of nitrogens with one attached hydrogen (secondary N) is 1. The molecule has 0 unspecified atom stereocenters. The van der Waals surface area contributed by atoms with Crippen molar-refractivity contribution in [3.63, 3.8) is 0 Å². The van der Waals surface area contributed by atoms with E-state index in [2.05, 4.69) is 5.32 Å². The van der Waals surface area contributed by atoms with Crippen LogP contribution in [0.15, 0.2) is 30.3 Å². The van der Waals surface area contributed by atoms with E-state index in [-0.39, 0.29) is 26.2 Å². The lowest BCUT2D eigenvalue weighted by atomic mass is 9.90. The quantitative estimate of drug-likeness (QED) is 0.402. The molecule has 1 aliphatic heterocycles. The van der Waals surface area contributed by atoms with E-state index in [1.54, 1.807) is 6.92 Å². The van der Waals surface area contributed by atoms with E-state index in [1.165, 1.54) is 20.8 Å². The zero-order chi connectivity index (χ0) is 24.4. The summed E-state index contributed by atoms with van der Waals surface area (Å²) < 4.78 is 27.9. The number of carbonyl (C=O) groups excluding carboxylic acids is 4. The number of benzene rings is 1. The molecule has 1 N–H and O–H groups in total. The molecule has 1 fully saturated rings. The number of rotatable bonds is 10. The largest absolute Gasteiger partial charge is 0.466 e. The third-order valence-corrected chi connectivity index (χ3v) is 4.88. The average Bonchev–Trinajstić information content (AvgIpc) is 2.74. The maximum Gasteiger partial charge on any atom is 0.308 e. The predicted octanol–water partition coefficient (Wildman–Crippen LogP) is 1.29. The summed E-state index contributed by atoms with van der Waals surface area (Å²) in [6, 6.07) is 8.40. The standard InChI is InChI=1S/C23H31NO9/c1-5-29-20(28)11-18-21(24-14(2)25)23(32-16(4)27)22(19(33-18)13-30-15(3)26)31-12-17-9-7-6-8-10-17/h6-10,18-19,21-23H,5,11-13H2,1-4H3,(H,24,25)/t18-,19+,21-,22+,23+/m0/s1. The van der Waals surface area contributed by atoms with Crippen LogP contribution in [-0.4, -0.2) is 67.5 Å². The highest BCUT2D eigenvalue weighted by molar-refractivity contribution is 5.74. The Bertz CT molecular complexity index is 813. The fourth-order valence-corrected chi connectivity index (χ4v) is 3.62. The Hall–Kier alpha value is -2.98. The Labute approximate surface area is 192 Å². The van der Waals surface area contributed by atoms with Gasteiger partial charge in [-0.25, -0.2) is 0 Å². The Morgan fingerprint density at radius 2 is 1.64 bits per heavy atom. The van der Waals surface area contributed by atoms with E-state index in [1.807, 2.05) is 30.3 Å². The molecule has 182 valence electrons. The summed E-state index contributed by atoms with van der Waals surface area (Å²) in [4.78, 5) is 47.6. The second-order valence-electron chi connectivity index (χ2n) is 7.59. The molecule has 1 heterocycles. The van der Waals surface area contributed by atoms with Gasteiger partial charge in [0.25, 0.3) is 0 Å². The maximum atomic E-state index is 12.2. The first-order valence-corrected chi connectivity index (χ1v) is 10.8. The van der Waals surface area contributed by atoms with Crippen molar-refractivity contribution in [2.75, 3.05) is 13.2 Å². The molecule has 10 heteroatoms. The highest BCUT2D eigenvalue weighted by atomic mass is 16.6. The van der Waals surface area contributed by atoms with Crippen molar-refractivity contribution in [3.05, 3.63) is 35.9 Å².